The minimum absolute atomic E-state index is 0.191. The Kier molecular flexibility index (Phi) is 5.58. The van der Waals surface area contributed by atoms with Gasteiger partial charge in [-0.25, -0.2) is 0 Å². The van der Waals surface area contributed by atoms with Gasteiger partial charge in [0.2, 0.25) is 5.91 Å². The maximum absolute atomic E-state index is 12.6. The van der Waals surface area contributed by atoms with E-state index in [1.54, 1.807) is 7.11 Å². The van der Waals surface area contributed by atoms with Gasteiger partial charge in [-0.15, -0.1) is 0 Å². The van der Waals surface area contributed by atoms with Crippen LogP contribution in [0.4, 0.5) is 5.69 Å². The van der Waals surface area contributed by atoms with Crippen molar-refractivity contribution >= 4 is 11.6 Å². The highest BCUT2D eigenvalue weighted by Gasteiger charge is 2.42. The SMILES string of the molecule is COc1ccccc1N1CCN(CC(=O)N[C@H](C)[C@H]2C[C@H]3CC[C@H]2C3)CC1. The predicted molar refractivity (Wildman–Crippen MR) is 108 cm³/mol. The smallest absolute Gasteiger partial charge is 0.234 e. The summed E-state index contributed by atoms with van der Waals surface area (Å²) in [4.78, 5) is 17.2. The molecule has 2 bridgehead atoms. The molecule has 4 rings (SSSR count). The Morgan fingerprint density at radius 3 is 2.63 bits per heavy atom. The fourth-order valence-corrected chi connectivity index (χ4v) is 5.55. The summed E-state index contributed by atoms with van der Waals surface area (Å²) in [7, 11) is 1.72. The Hall–Kier alpha value is -1.75. The number of nitrogens with zero attached hydrogens (tertiary/aromatic N) is 2. The Morgan fingerprint density at radius 1 is 1.19 bits per heavy atom. The van der Waals surface area contributed by atoms with E-state index in [1.807, 2.05) is 12.1 Å². The third-order valence-corrected chi connectivity index (χ3v) is 6.99. The zero-order chi connectivity index (χ0) is 18.8. The topological polar surface area (TPSA) is 44.8 Å². The van der Waals surface area contributed by atoms with Crippen LogP contribution in [0.5, 0.6) is 5.75 Å². The van der Waals surface area contributed by atoms with Crippen molar-refractivity contribution in [3.63, 3.8) is 0 Å². The number of hydrogen-bond donors (Lipinski definition) is 1. The van der Waals surface area contributed by atoms with Gasteiger partial charge < -0.3 is 15.0 Å². The molecule has 1 aromatic rings. The Morgan fingerprint density at radius 2 is 1.96 bits per heavy atom. The lowest BCUT2D eigenvalue weighted by molar-refractivity contribution is -0.123. The summed E-state index contributed by atoms with van der Waals surface area (Å²) >= 11 is 0. The molecule has 3 fully saturated rings. The zero-order valence-corrected chi connectivity index (χ0v) is 16.7. The number of para-hydroxylation sites is 2. The highest BCUT2D eigenvalue weighted by molar-refractivity contribution is 5.78. The minimum atomic E-state index is 0.191. The van der Waals surface area contributed by atoms with Crippen LogP contribution < -0.4 is 15.0 Å². The van der Waals surface area contributed by atoms with Crippen LogP contribution in [0.15, 0.2) is 24.3 Å². The van der Waals surface area contributed by atoms with Gasteiger partial charge in [-0.05, 0) is 56.1 Å². The van der Waals surface area contributed by atoms with Crippen molar-refractivity contribution < 1.29 is 9.53 Å². The van der Waals surface area contributed by atoms with Gasteiger partial charge in [-0.3, -0.25) is 9.69 Å². The summed E-state index contributed by atoms with van der Waals surface area (Å²) in [5.41, 5.74) is 1.15. The Balaban J connectivity index is 1.23. The van der Waals surface area contributed by atoms with Crippen LogP contribution in [-0.2, 0) is 4.79 Å². The molecule has 0 aromatic heterocycles. The number of fused-ring (bicyclic) bond motifs is 2. The van der Waals surface area contributed by atoms with Crippen molar-refractivity contribution in [3.05, 3.63) is 24.3 Å². The fraction of sp³-hybridized carbons (Fsp3) is 0.682. The van der Waals surface area contributed by atoms with Crippen LogP contribution in [0.1, 0.15) is 32.6 Å². The summed E-state index contributed by atoms with van der Waals surface area (Å²) in [6.45, 7) is 6.40. The highest BCUT2D eigenvalue weighted by atomic mass is 16.5. The number of amides is 1. The maximum Gasteiger partial charge on any atom is 0.234 e. The summed E-state index contributed by atoms with van der Waals surface area (Å²) in [6, 6.07) is 8.49. The molecule has 1 aliphatic heterocycles. The van der Waals surface area contributed by atoms with E-state index in [2.05, 4.69) is 34.2 Å². The Bertz CT molecular complexity index is 657. The van der Waals surface area contributed by atoms with Crippen molar-refractivity contribution in [1.82, 2.24) is 10.2 Å². The van der Waals surface area contributed by atoms with Gasteiger partial charge in [0, 0.05) is 32.2 Å². The van der Waals surface area contributed by atoms with Crippen molar-refractivity contribution in [2.24, 2.45) is 17.8 Å². The summed E-state index contributed by atoms with van der Waals surface area (Å²) in [5, 5.41) is 3.30. The van der Waals surface area contributed by atoms with Gasteiger partial charge in [-0.2, -0.15) is 0 Å². The number of benzene rings is 1. The first-order valence-electron chi connectivity index (χ1n) is 10.5. The summed E-state index contributed by atoms with van der Waals surface area (Å²) in [5.74, 6) is 3.60. The van der Waals surface area contributed by atoms with Crippen LogP contribution in [0.25, 0.3) is 0 Å². The molecule has 27 heavy (non-hydrogen) atoms. The molecule has 148 valence electrons. The fourth-order valence-electron chi connectivity index (χ4n) is 5.55. The zero-order valence-electron chi connectivity index (χ0n) is 16.7. The van der Waals surface area contributed by atoms with Crippen LogP contribution in [0.3, 0.4) is 0 Å². The predicted octanol–water partition coefficient (Wildman–Crippen LogP) is 2.76. The van der Waals surface area contributed by atoms with E-state index in [1.165, 1.54) is 25.7 Å². The lowest BCUT2D eigenvalue weighted by Gasteiger charge is -2.36. The second kappa shape index (κ2) is 8.09. The van der Waals surface area contributed by atoms with E-state index in [9.17, 15) is 4.79 Å². The van der Waals surface area contributed by atoms with E-state index < -0.39 is 0 Å². The van der Waals surface area contributed by atoms with Crippen LogP contribution in [0, 0.1) is 17.8 Å². The molecule has 0 unspecified atom stereocenters. The third-order valence-electron chi connectivity index (χ3n) is 6.99. The molecule has 1 aromatic carbocycles. The number of methoxy groups -OCH3 is 1. The standard InChI is InChI=1S/C22H33N3O2/c1-16(19-14-17-7-8-18(19)13-17)23-22(26)15-24-9-11-25(12-10-24)20-5-3-4-6-21(20)27-2/h3-6,16-19H,7-15H2,1-2H3,(H,23,26)/t16-,17+,18+,19-/m1/s1. The number of rotatable bonds is 6. The number of carbonyl (C=O) groups is 1. The lowest BCUT2D eigenvalue weighted by Crippen LogP contribution is -2.51. The number of carbonyl (C=O) groups excluding carboxylic acids is 1. The average molecular weight is 372 g/mol. The number of piperazine rings is 1. The lowest BCUT2D eigenvalue weighted by atomic mass is 9.84. The third kappa shape index (κ3) is 4.08. The number of nitrogens with one attached hydrogen (secondary N) is 1. The summed E-state index contributed by atoms with van der Waals surface area (Å²) in [6.07, 6.45) is 5.51. The monoisotopic (exact) mass is 371 g/mol. The Labute approximate surface area is 163 Å². The second-order valence-electron chi connectivity index (χ2n) is 8.63. The quantitative estimate of drug-likeness (QED) is 0.835. The maximum atomic E-state index is 12.6. The first kappa shape index (κ1) is 18.6. The molecule has 1 amide bonds. The van der Waals surface area contributed by atoms with Crippen molar-refractivity contribution in [3.8, 4) is 5.75 Å². The van der Waals surface area contributed by atoms with Crippen molar-refractivity contribution in [1.29, 1.82) is 0 Å². The molecule has 0 spiro atoms. The second-order valence-corrected chi connectivity index (χ2v) is 8.63. The molecule has 1 N–H and O–H groups in total. The van der Waals surface area contributed by atoms with E-state index in [0.29, 0.717) is 18.5 Å². The van der Waals surface area contributed by atoms with Crippen molar-refractivity contribution in [2.75, 3.05) is 44.7 Å². The van der Waals surface area contributed by atoms with E-state index in [0.717, 1.165) is 49.5 Å². The van der Waals surface area contributed by atoms with E-state index in [4.69, 9.17) is 4.74 Å². The van der Waals surface area contributed by atoms with Crippen LogP contribution in [0.2, 0.25) is 0 Å². The van der Waals surface area contributed by atoms with E-state index >= 15 is 0 Å². The number of ether oxygens (including phenoxy) is 1. The van der Waals surface area contributed by atoms with Crippen LogP contribution >= 0.6 is 0 Å². The normalized spacial score (nSPS) is 29.0. The van der Waals surface area contributed by atoms with Gasteiger partial charge in [0.25, 0.3) is 0 Å². The molecule has 2 aliphatic carbocycles. The molecule has 0 radical (unpaired) electrons. The van der Waals surface area contributed by atoms with Gasteiger partial charge in [-0.1, -0.05) is 18.6 Å². The molecule has 3 aliphatic rings. The van der Waals surface area contributed by atoms with Crippen LogP contribution in [-0.4, -0.2) is 56.7 Å². The van der Waals surface area contributed by atoms with Crippen molar-refractivity contribution in [2.45, 2.75) is 38.6 Å². The molecule has 1 heterocycles. The minimum Gasteiger partial charge on any atom is -0.495 e. The highest BCUT2D eigenvalue weighted by Crippen LogP contribution is 2.49. The number of anilines is 1. The molecule has 4 atom stereocenters. The largest absolute Gasteiger partial charge is 0.495 e. The molecular formula is C22H33N3O2. The molecule has 5 nitrogen and oxygen atoms in total. The van der Waals surface area contributed by atoms with Gasteiger partial charge in [0.1, 0.15) is 5.75 Å². The first-order valence-corrected chi connectivity index (χ1v) is 10.5. The van der Waals surface area contributed by atoms with E-state index in [-0.39, 0.29) is 5.91 Å². The average Bonchev–Trinajstić information content (AvgIpc) is 3.32. The molecule has 1 saturated heterocycles. The summed E-state index contributed by atoms with van der Waals surface area (Å²) < 4.78 is 5.48. The molecule has 5 heteroatoms. The first-order chi connectivity index (χ1) is 13.1. The number of hydrogen-bond acceptors (Lipinski definition) is 4. The van der Waals surface area contributed by atoms with Gasteiger partial charge >= 0.3 is 0 Å². The van der Waals surface area contributed by atoms with Gasteiger partial charge in [0.05, 0.1) is 19.3 Å². The molecule has 2 saturated carbocycles. The van der Waals surface area contributed by atoms with Gasteiger partial charge in [0.15, 0.2) is 0 Å². The molecular weight excluding hydrogens is 338 g/mol.